The average molecular weight is 823 g/mol. The summed E-state index contributed by atoms with van der Waals surface area (Å²) < 4.78 is 14.7. The summed E-state index contributed by atoms with van der Waals surface area (Å²) in [7, 11) is 7.08. The first-order valence-electron chi connectivity index (χ1n) is 16.3. The number of ether oxygens (including phenoxy) is 2. The van der Waals surface area contributed by atoms with E-state index >= 15 is 0 Å². The Morgan fingerprint density at radius 1 is 0.667 bits per heavy atom. The van der Waals surface area contributed by atoms with Crippen molar-refractivity contribution in [2.75, 3.05) is 14.2 Å². The molecule has 1 aliphatic carbocycles. The first-order chi connectivity index (χ1) is 22.6. The standard InChI is InChI=1S/C30H42N2O4.2C4H6N2.ClH.Co.4H2O/c1-29(2,3)23-15-21(35-7)13-19(27(23)33)17-31-25-11-9-10-12-26(25)32-18-20-14-22(36-8)16-24(28(20)34)30(4,5)6;2*1-6-3-2-5-4-6;;;;;;/h13-18,25-26,33-34H,9-12H2,1-8H3;2*2-4H,1H3;1H;;4*1H2/q;;;;+3;;;;/p-3/t25-,26-;;;;;;;;/m1......../s1. The molecule has 0 spiro atoms. The van der Waals surface area contributed by atoms with Gasteiger partial charge in [0.25, 0.3) is 0 Å². The molecule has 0 amide bonds. The molecule has 2 atom stereocenters. The van der Waals surface area contributed by atoms with E-state index in [1.165, 1.54) is 0 Å². The summed E-state index contributed by atoms with van der Waals surface area (Å²) in [5.41, 5.74) is 1.86. The van der Waals surface area contributed by atoms with Gasteiger partial charge in [-0.1, -0.05) is 65.9 Å². The molecule has 5 rings (SSSR count). The fraction of sp³-hybridized carbons (Fsp3) is 0.474. The molecule has 0 aliphatic heterocycles. The third-order valence-corrected chi connectivity index (χ3v) is 8.05. The fourth-order valence-electron chi connectivity index (χ4n) is 5.23. The van der Waals surface area contributed by atoms with Crippen LogP contribution in [0.1, 0.15) is 89.5 Å². The molecule has 4 aromatic rings. The van der Waals surface area contributed by atoms with E-state index < -0.39 is 0 Å². The number of hydrogen-bond donors (Lipinski definition) is 0. The molecular formula is C38H60ClCoN6O8. The summed E-state index contributed by atoms with van der Waals surface area (Å²) in [6.45, 7) is 12.1. The molecule has 0 saturated heterocycles. The van der Waals surface area contributed by atoms with E-state index in [1.807, 2.05) is 89.3 Å². The van der Waals surface area contributed by atoms with Gasteiger partial charge in [-0.05, 0) is 70.2 Å². The van der Waals surface area contributed by atoms with Crippen LogP contribution in [0.15, 0.2) is 71.7 Å². The Morgan fingerprint density at radius 3 is 1.22 bits per heavy atom. The molecule has 0 bridgehead atoms. The van der Waals surface area contributed by atoms with Crippen LogP contribution < -0.4 is 32.1 Å². The molecule has 1 fully saturated rings. The molecule has 2 heterocycles. The van der Waals surface area contributed by atoms with Gasteiger partial charge in [0.1, 0.15) is 11.5 Å². The van der Waals surface area contributed by atoms with E-state index in [9.17, 15) is 10.2 Å². The zero-order valence-corrected chi connectivity index (χ0v) is 34.7. The van der Waals surface area contributed by atoms with Gasteiger partial charge in [0, 0.05) is 51.3 Å². The zero-order chi connectivity index (χ0) is 35.5. The maximum atomic E-state index is 13.1. The van der Waals surface area contributed by atoms with Crippen molar-refractivity contribution < 1.29 is 70.8 Å². The smallest absolute Gasteiger partial charge is 1.00 e. The summed E-state index contributed by atoms with van der Waals surface area (Å²) in [4.78, 5) is 17.2. The van der Waals surface area contributed by atoms with Gasteiger partial charge in [-0.3, -0.25) is 9.98 Å². The number of methoxy groups -OCH3 is 2. The molecule has 16 heteroatoms. The third-order valence-electron chi connectivity index (χ3n) is 8.05. The first kappa shape index (κ1) is 56.8. The van der Waals surface area contributed by atoms with Crippen LogP contribution in [0.5, 0.6) is 23.0 Å². The summed E-state index contributed by atoms with van der Waals surface area (Å²) >= 11 is 0. The van der Waals surface area contributed by atoms with Crippen molar-refractivity contribution in [2.45, 2.75) is 90.1 Å². The molecule has 2 aromatic carbocycles. The van der Waals surface area contributed by atoms with Crippen molar-refractivity contribution in [3.63, 3.8) is 0 Å². The molecule has 306 valence electrons. The molecule has 8 N–H and O–H groups in total. The summed E-state index contributed by atoms with van der Waals surface area (Å²) in [6.07, 6.45) is 18.0. The minimum absolute atomic E-state index is 0. The predicted octanol–water partition coefficient (Wildman–Crippen LogP) is -0.162. The number of rotatable bonds is 6. The number of nitrogens with zero attached hydrogens (tertiary/aromatic N) is 6. The van der Waals surface area contributed by atoms with Crippen LogP contribution in [0.4, 0.5) is 0 Å². The van der Waals surface area contributed by atoms with Gasteiger partial charge in [-0.25, -0.2) is 9.97 Å². The normalized spacial score (nSPS) is 14.8. The summed E-state index contributed by atoms with van der Waals surface area (Å²) in [6, 6.07) is 7.01. The molecule has 2 aromatic heterocycles. The van der Waals surface area contributed by atoms with E-state index in [0.717, 1.165) is 25.7 Å². The number of benzene rings is 2. The number of aromatic nitrogens is 4. The second-order valence-electron chi connectivity index (χ2n) is 14.1. The topological polar surface area (TPSA) is 251 Å². The van der Waals surface area contributed by atoms with Gasteiger partial charge in [-0.15, -0.1) is 0 Å². The average Bonchev–Trinajstić information content (AvgIpc) is 3.73. The molecule has 1 aliphatic rings. The molecule has 54 heavy (non-hydrogen) atoms. The van der Waals surface area contributed by atoms with Gasteiger partial charge in [-0.2, -0.15) is 0 Å². The van der Waals surface area contributed by atoms with E-state index in [1.54, 1.807) is 63.8 Å². The molecule has 0 unspecified atom stereocenters. The van der Waals surface area contributed by atoms with Crippen LogP contribution in [0.2, 0.25) is 0 Å². The number of aliphatic imine (C=N–C) groups is 2. The Kier molecular flexibility index (Phi) is 27.3. The molecular weight excluding hydrogens is 763 g/mol. The zero-order valence-electron chi connectivity index (χ0n) is 32.9. The minimum Gasteiger partial charge on any atom is -1.00 e. The van der Waals surface area contributed by atoms with Crippen LogP contribution in [0, 0.1) is 0 Å². The summed E-state index contributed by atoms with van der Waals surface area (Å²) in [5.74, 6) is 1.25. The Balaban J connectivity index is -0.000000590. The van der Waals surface area contributed by atoms with E-state index in [2.05, 4.69) is 9.97 Å². The minimum atomic E-state index is -0.301. The Morgan fingerprint density at radius 2 is 1.00 bits per heavy atom. The predicted molar refractivity (Wildman–Crippen MR) is 204 cm³/mol. The van der Waals surface area contributed by atoms with E-state index in [4.69, 9.17) is 19.5 Å². The largest absolute Gasteiger partial charge is 3.00 e. The Hall–Kier alpha value is -3.96. The van der Waals surface area contributed by atoms with Gasteiger partial charge >= 0.3 is 16.8 Å². The number of hydrogen-bond acceptors (Lipinski definition) is 8. The first-order valence-corrected chi connectivity index (χ1v) is 16.3. The van der Waals surface area contributed by atoms with Crippen molar-refractivity contribution >= 4 is 12.4 Å². The van der Waals surface area contributed by atoms with Crippen LogP contribution in [-0.4, -0.2) is 79.7 Å². The number of aryl methyl sites for hydroxylation is 2. The SMILES string of the molecule is COc1cc(C=N[C@@H]2CCCC[C@H]2N=Cc2cc(OC)cc(C(C)(C)C)c2[O-])c([O-])c(C(C)(C)C)c1.Cn1ccnc1.Cn1ccnc1.O.O.O.O.[Cl-].[Co+3]. The van der Waals surface area contributed by atoms with Crippen molar-refractivity contribution in [3.8, 4) is 23.0 Å². The van der Waals surface area contributed by atoms with Crippen molar-refractivity contribution in [2.24, 2.45) is 24.1 Å². The quantitative estimate of drug-likeness (QED) is 0.239. The fourth-order valence-corrected chi connectivity index (χ4v) is 5.23. The monoisotopic (exact) mass is 822 g/mol. The van der Waals surface area contributed by atoms with Gasteiger partial charge in [0.2, 0.25) is 0 Å². The second kappa shape index (κ2) is 25.9. The van der Waals surface area contributed by atoms with Gasteiger partial charge in [0.05, 0.1) is 39.0 Å². The maximum Gasteiger partial charge on any atom is 3.00 e. The number of halogens is 1. The second-order valence-corrected chi connectivity index (χ2v) is 14.1. The van der Waals surface area contributed by atoms with Crippen LogP contribution in [-0.2, 0) is 41.7 Å². The van der Waals surface area contributed by atoms with E-state index in [-0.39, 0.29) is 85.5 Å². The van der Waals surface area contributed by atoms with E-state index in [0.29, 0.717) is 33.8 Å². The van der Waals surface area contributed by atoms with Crippen LogP contribution >= 0.6 is 0 Å². The summed E-state index contributed by atoms with van der Waals surface area (Å²) in [5, 5.41) is 26.3. The Labute approximate surface area is 336 Å². The van der Waals surface area contributed by atoms with Crippen molar-refractivity contribution in [1.82, 2.24) is 19.1 Å². The molecule has 14 nitrogen and oxygen atoms in total. The van der Waals surface area contributed by atoms with Gasteiger partial charge < -0.3 is 63.1 Å². The van der Waals surface area contributed by atoms with Crippen LogP contribution in [0.25, 0.3) is 0 Å². The number of imidazole rings is 2. The molecule has 1 saturated carbocycles. The maximum absolute atomic E-state index is 13.1. The third kappa shape index (κ3) is 17.0. The Bertz CT molecular complexity index is 1520. The van der Waals surface area contributed by atoms with Crippen molar-refractivity contribution in [1.29, 1.82) is 0 Å². The van der Waals surface area contributed by atoms with Crippen LogP contribution in [0.3, 0.4) is 0 Å². The van der Waals surface area contributed by atoms with Gasteiger partial charge in [0.15, 0.2) is 0 Å². The molecule has 0 radical (unpaired) electrons. The van der Waals surface area contributed by atoms with Crippen molar-refractivity contribution in [3.05, 3.63) is 84.0 Å².